The van der Waals surface area contributed by atoms with Gasteiger partial charge in [0.15, 0.2) is 0 Å². The third kappa shape index (κ3) is 4.86. The first-order valence-electron chi connectivity index (χ1n) is 7.47. The Kier molecular flexibility index (Phi) is 5.39. The summed E-state index contributed by atoms with van der Waals surface area (Å²) in [6.45, 7) is 11.8. The van der Waals surface area contributed by atoms with Crippen LogP contribution in [0.15, 0.2) is 24.3 Å². The van der Waals surface area contributed by atoms with Crippen LogP contribution >= 0.6 is 0 Å². The van der Waals surface area contributed by atoms with Crippen LogP contribution in [0.5, 0.6) is 0 Å². The maximum atomic E-state index is 12.1. The van der Waals surface area contributed by atoms with Crippen LogP contribution in [-0.4, -0.2) is 29.9 Å². The number of carbonyl (C=O) groups excluding carboxylic acids is 2. The number of likely N-dealkylation sites (N-methyl/N-ethyl adjacent to an activating group) is 1. The highest BCUT2D eigenvalue weighted by molar-refractivity contribution is 5.74. The quantitative estimate of drug-likeness (QED) is 0.790. The predicted molar refractivity (Wildman–Crippen MR) is 87.9 cm³/mol. The van der Waals surface area contributed by atoms with Gasteiger partial charge in [-0.3, -0.25) is 4.90 Å². The van der Waals surface area contributed by atoms with E-state index in [1.807, 2.05) is 24.3 Å². The van der Waals surface area contributed by atoms with Crippen molar-refractivity contribution in [1.29, 1.82) is 0 Å². The highest BCUT2D eigenvalue weighted by atomic mass is 16.6. The first kappa shape index (κ1) is 18.2. The van der Waals surface area contributed by atoms with E-state index in [1.165, 1.54) is 10.5 Å². The fourth-order valence-electron chi connectivity index (χ4n) is 2.02. The van der Waals surface area contributed by atoms with Gasteiger partial charge in [-0.1, -0.05) is 45.0 Å². The van der Waals surface area contributed by atoms with E-state index in [9.17, 15) is 9.59 Å². The number of hydrogen-bond acceptors (Lipinski definition) is 3. The van der Waals surface area contributed by atoms with Crippen molar-refractivity contribution in [2.45, 2.75) is 58.6 Å². The van der Waals surface area contributed by atoms with Gasteiger partial charge in [-0.25, -0.2) is 4.79 Å². The minimum absolute atomic E-state index is 0.0479. The number of hydrogen-bond donors (Lipinski definition) is 0. The van der Waals surface area contributed by atoms with Crippen molar-refractivity contribution in [3.63, 3.8) is 0 Å². The smallest absolute Gasteiger partial charge is 0.410 e. The minimum atomic E-state index is -0.649. The van der Waals surface area contributed by atoms with Crippen LogP contribution in [0.1, 0.15) is 58.7 Å². The van der Waals surface area contributed by atoms with E-state index in [-0.39, 0.29) is 5.41 Å². The summed E-state index contributed by atoms with van der Waals surface area (Å²) >= 11 is 0. The van der Waals surface area contributed by atoms with Gasteiger partial charge in [0.05, 0.1) is 0 Å². The van der Waals surface area contributed by atoms with Crippen molar-refractivity contribution in [1.82, 2.24) is 4.90 Å². The molecule has 0 aliphatic rings. The van der Waals surface area contributed by atoms with Crippen LogP contribution in [0.3, 0.4) is 0 Å². The van der Waals surface area contributed by atoms with Crippen LogP contribution in [0.25, 0.3) is 0 Å². The fraction of sp³-hybridized carbons (Fsp3) is 0.556. The maximum Gasteiger partial charge on any atom is 0.410 e. The summed E-state index contributed by atoms with van der Waals surface area (Å²) < 4.78 is 5.31. The summed E-state index contributed by atoms with van der Waals surface area (Å²) in [5, 5.41) is 0. The van der Waals surface area contributed by atoms with Crippen LogP contribution in [0.4, 0.5) is 4.79 Å². The van der Waals surface area contributed by atoms with Crippen LogP contribution in [0, 0.1) is 0 Å². The molecule has 4 nitrogen and oxygen atoms in total. The molecule has 1 atom stereocenters. The molecule has 0 N–H and O–H groups in total. The molecule has 0 heterocycles. The molecule has 0 saturated heterocycles. The molecular formula is C18H27NO3. The summed E-state index contributed by atoms with van der Waals surface area (Å²) in [7, 11) is 1.57. The molecule has 0 fully saturated rings. The summed E-state index contributed by atoms with van der Waals surface area (Å²) in [6.07, 6.45) is 0.250. The van der Waals surface area contributed by atoms with E-state index in [1.54, 1.807) is 27.8 Å². The van der Waals surface area contributed by atoms with Crippen molar-refractivity contribution >= 4 is 12.4 Å². The highest BCUT2D eigenvalue weighted by Crippen LogP contribution is 2.25. The molecule has 0 bridgehead atoms. The molecule has 4 heteroatoms. The second kappa shape index (κ2) is 6.51. The average molecular weight is 305 g/mol. The summed E-state index contributed by atoms with van der Waals surface area (Å²) in [5.74, 6) is 0. The van der Waals surface area contributed by atoms with Crippen molar-refractivity contribution in [3.8, 4) is 0 Å². The molecule has 0 radical (unpaired) electrons. The lowest BCUT2D eigenvalue weighted by Crippen LogP contribution is -2.37. The zero-order valence-corrected chi connectivity index (χ0v) is 14.6. The Morgan fingerprint density at radius 1 is 1.09 bits per heavy atom. The number of carbonyl (C=O) groups is 2. The summed E-state index contributed by atoms with van der Waals surface area (Å²) in [6, 6.07) is 7.12. The van der Waals surface area contributed by atoms with E-state index >= 15 is 0 Å². The molecule has 1 amide bonds. The molecule has 0 spiro atoms. The average Bonchev–Trinajstić information content (AvgIpc) is 2.37. The van der Waals surface area contributed by atoms with Gasteiger partial charge >= 0.3 is 6.09 Å². The number of nitrogens with zero attached hydrogens (tertiary/aromatic N) is 1. The van der Waals surface area contributed by atoms with Gasteiger partial charge in [0.1, 0.15) is 17.9 Å². The summed E-state index contributed by atoms with van der Waals surface area (Å²) in [5.41, 5.74) is 1.42. The van der Waals surface area contributed by atoms with E-state index < -0.39 is 17.7 Å². The van der Waals surface area contributed by atoms with E-state index in [4.69, 9.17) is 4.74 Å². The Morgan fingerprint density at radius 3 is 1.95 bits per heavy atom. The molecule has 1 aromatic rings. The molecule has 122 valence electrons. The van der Waals surface area contributed by atoms with E-state index in [0.29, 0.717) is 0 Å². The Morgan fingerprint density at radius 2 is 1.59 bits per heavy atom. The number of aldehydes is 1. The van der Waals surface area contributed by atoms with Gasteiger partial charge in [0, 0.05) is 7.05 Å². The van der Waals surface area contributed by atoms with Crippen molar-refractivity contribution in [2.75, 3.05) is 7.05 Å². The molecule has 1 rings (SSSR count). The van der Waals surface area contributed by atoms with Gasteiger partial charge in [-0.2, -0.15) is 0 Å². The lowest BCUT2D eigenvalue weighted by atomic mass is 9.86. The standard InChI is InChI=1S/C18H27NO3/c1-17(2,3)14-10-8-13(9-11-14)15(12-20)19(7)16(21)22-18(4,5)6/h8-12,15H,1-7H3. The zero-order valence-electron chi connectivity index (χ0n) is 14.6. The van der Waals surface area contributed by atoms with Crippen molar-refractivity contribution in [3.05, 3.63) is 35.4 Å². The Balaban J connectivity index is 2.96. The third-order valence-corrected chi connectivity index (χ3v) is 3.35. The second-order valence-electron chi connectivity index (χ2n) is 7.54. The first-order chi connectivity index (χ1) is 9.95. The number of amides is 1. The molecule has 0 aliphatic heterocycles. The monoisotopic (exact) mass is 305 g/mol. The third-order valence-electron chi connectivity index (χ3n) is 3.35. The largest absolute Gasteiger partial charge is 0.444 e. The number of benzene rings is 1. The van der Waals surface area contributed by atoms with Crippen LogP contribution < -0.4 is 0 Å². The predicted octanol–water partition coefficient (Wildman–Crippen LogP) is 4.09. The van der Waals surface area contributed by atoms with Crippen molar-refractivity contribution < 1.29 is 14.3 Å². The normalized spacial score (nSPS) is 13.4. The van der Waals surface area contributed by atoms with Gasteiger partial charge in [0.2, 0.25) is 0 Å². The van der Waals surface area contributed by atoms with E-state index in [0.717, 1.165) is 11.8 Å². The topological polar surface area (TPSA) is 46.6 Å². The molecule has 0 saturated carbocycles. The summed E-state index contributed by atoms with van der Waals surface area (Å²) in [4.78, 5) is 24.9. The molecule has 0 aromatic heterocycles. The van der Waals surface area contributed by atoms with Gasteiger partial charge in [-0.05, 0) is 37.3 Å². The van der Waals surface area contributed by atoms with Gasteiger partial charge < -0.3 is 9.53 Å². The fourth-order valence-corrected chi connectivity index (χ4v) is 2.02. The minimum Gasteiger partial charge on any atom is -0.444 e. The molecule has 1 aromatic carbocycles. The van der Waals surface area contributed by atoms with E-state index in [2.05, 4.69) is 20.8 Å². The molecular weight excluding hydrogens is 278 g/mol. The SMILES string of the molecule is CN(C(=O)OC(C)(C)C)C(C=O)c1ccc(C(C)(C)C)cc1. The van der Waals surface area contributed by atoms with Gasteiger partial charge in [-0.15, -0.1) is 0 Å². The Labute approximate surface area is 133 Å². The first-order valence-corrected chi connectivity index (χ1v) is 7.47. The molecule has 0 aliphatic carbocycles. The second-order valence-corrected chi connectivity index (χ2v) is 7.54. The number of rotatable bonds is 3. The Bertz CT molecular complexity index is 521. The molecule has 1 unspecified atom stereocenters. The maximum absolute atomic E-state index is 12.1. The van der Waals surface area contributed by atoms with Crippen LogP contribution in [0.2, 0.25) is 0 Å². The van der Waals surface area contributed by atoms with Crippen molar-refractivity contribution in [2.24, 2.45) is 0 Å². The number of ether oxygens (including phenoxy) is 1. The lowest BCUT2D eigenvalue weighted by Gasteiger charge is -2.28. The zero-order chi connectivity index (χ0) is 17.1. The van der Waals surface area contributed by atoms with Gasteiger partial charge in [0.25, 0.3) is 0 Å². The Hall–Kier alpha value is -1.84. The lowest BCUT2D eigenvalue weighted by molar-refractivity contribution is -0.112. The molecule has 22 heavy (non-hydrogen) atoms. The van der Waals surface area contributed by atoms with Crippen LogP contribution in [-0.2, 0) is 14.9 Å². The highest BCUT2D eigenvalue weighted by Gasteiger charge is 2.26.